The van der Waals surface area contributed by atoms with Crippen LogP contribution in [0.15, 0.2) is 53.9 Å². The Kier molecular flexibility index (Phi) is 2.79. The number of fused-ring (bicyclic) bond motifs is 1. The molecule has 0 aliphatic carbocycles. The number of pyridine rings is 1. The molecule has 1 aromatic carbocycles. The van der Waals surface area contributed by atoms with Gasteiger partial charge in [-0.15, -0.1) is 11.3 Å². The van der Waals surface area contributed by atoms with Crippen molar-refractivity contribution in [2.24, 2.45) is 0 Å². The maximum Gasteiger partial charge on any atom is 0.123 e. The fraction of sp³-hybridized carbons (Fsp3) is 0.0667. The molecule has 86 valence electrons. The second-order valence-corrected chi connectivity index (χ2v) is 4.99. The maximum absolute atomic E-state index is 9.34. The van der Waals surface area contributed by atoms with Crippen molar-refractivity contribution in [3.05, 3.63) is 64.5 Å². The molecule has 2 nitrogen and oxygen atoms in total. The topological polar surface area (TPSA) is 36.7 Å². The van der Waals surface area contributed by atoms with Crippen LogP contribution in [0, 0.1) is 11.3 Å². The number of rotatable bonds is 2. The van der Waals surface area contributed by atoms with Gasteiger partial charge in [0.05, 0.1) is 17.3 Å². The first-order chi connectivity index (χ1) is 8.88. The monoisotopic (exact) mass is 250 g/mol. The minimum Gasteiger partial charge on any atom is -0.251 e. The van der Waals surface area contributed by atoms with Crippen LogP contribution in [0.1, 0.15) is 16.5 Å². The lowest BCUT2D eigenvalue weighted by Gasteiger charge is -2.07. The molecule has 0 saturated carbocycles. The van der Waals surface area contributed by atoms with Crippen LogP contribution in [-0.4, -0.2) is 4.98 Å². The van der Waals surface area contributed by atoms with E-state index in [0.717, 1.165) is 21.5 Å². The van der Waals surface area contributed by atoms with E-state index < -0.39 is 0 Å². The van der Waals surface area contributed by atoms with E-state index in [0.29, 0.717) is 0 Å². The zero-order valence-corrected chi connectivity index (χ0v) is 10.4. The molecule has 0 bridgehead atoms. The molecule has 0 radical (unpaired) electrons. The molecule has 2 heterocycles. The summed E-state index contributed by atoms with van der Waals surface area (Å²) in [6.45, 7) is 0. The smallest absolute Gasteiger partial charge is 0.123 e. The summed E-state index contributed by atoms with van der Waals surface area (Å²) in [5.41, 5.74) is 1.76. The van der Waals surface area contributed by atoms with Gasteiger partial charge in [-0.2, -0.15) is 5.26 Å². The molecule has 0 aliphatic heterocycles. The third kappa shape index (κ3) is 1.87. The van der Waals surface area contributed by atoms with Crippen LogP contribution in [0.2, 0.25) is 0 Å². The Labute approximate surface area is 109 Å². The summed E-state index contributed by atoms with van der Waals surface area (Å²) < 4.78 is 0. The summed E-state index contributed by atoms with van der Waals surface area (Å²) in [5.74, 6) is -0.269. The fourth-order valence-electron chi connectivity index (χ4n) is 1.97. The maximum atomic E-state index is 9.34. The summed E-state index contributed by atoms with van der Waals surface area (Å²) in [4.78, 5) is 5.63. The number of aromatic nitrogens is 1. The van der Waals surface area contributed by atoms with Crippen molar-refractivity contribution in [1.29, 1.82) is 5.26 Å². The number of benzene rings is 1. The second-order valence-electron chi connectivity index (χ2n) is 4.01. The Balaban J connectivity index is 2.11. The van der Waals surface area contributed by atoms with E-state index in [2.05, 4.69) is 11.1 Å². The lowest BCUT2D eigenvalue weighted by atomic mass is 10.0. The minimum absolute atomic E-state index is 0.269. The SMILES string of the molecule is N#CC(c1ccc2ccccc2n1)c1cccs1. The summed E-state index contributed by atoms with van der Waals surface area (Å²) in [6, 6.07) is 18.2. The molecule has 18 heavy (non-hydrogen) atoms. The number of hydrogen-bond acceptors (Lipinski definition) is 3. The van der Waals surface area contributed by atoms with Gasteiger partial charge in [-0.1, -0.05) is 30.3 Å². The van der Waals surface area contributed by atoms with Crippen molar-refractivity contribution in [3.63, 3.8) is 0 Å². The van der Waals surface area contributed by atoms with Gasteiger partial charge < -0.3 is 0 Å². The Morgan fingerprint density at radius 3 is 2.72 bits per heavy atom. The van der Waals surface area contributed by atoms with Crippen molar-refractivity contribution in [1.82, 2.24) is 4.98 Å². The highest BCUT2D eigenvalue weighted by Crippen LogP contribution is 2.27. The first-order valence-electron chi connectivity index (χ1n) is 5.67. The Bertz CT molecular complexity index is 711. The van der Waals surface area contributed by atoms with Crippen LogP contribution in [0.5, 0.6) is 0 Å². The Morgan fingerprint density at radius 1 is 1.06 bits per heavy atom. The summed E-state index contributed by atoms with van der Waals surface area (Å²) in [5, 5.41) is 12.4. The molecule has 3 rings (SSSR count). The van der Waals surface area contributed by atoms with Gasteiger partial charge in [-0.05, 0) is 23.6 Å². The molecular formula is C15H10N2S. The van der Waals surface area contributed by atoms with Crippen LogP contribution in [0.3, 0.4) is 0 Å². The summed E-state index contributed by atoms with van der Waals surface area (Å²) in [7, 11) is 0. The van der Waals surface area contributed by atoms with Gasteiger partial charge >= 0.3 is 0 Å². The van der Waals surface area contributed by atoms with Gasteiger partial charge in [0.25, 0.3) is 0 Å². The van der Waals surface area contributed by atoms with Crippen molar-refractivity contribution >= 4 is 22.2 Å². The van der Waals surface area contributed by atoms with Crippen molar-refractivity contribution in [3.8, 4) is 6.07 Å². The molecule has 0 fully saturated rings. The molecule has 1 unspecified atom stereocenters. The van der Waals surface area contributed by atoms with E-state index in [4.69, 9.17) is 0 Å². The van der Waals surface area contributed by atoms with Gasteiger partial charge in [0.2, 0.25) is 0 Å². The molecule has 0 saturated heterocycles. The van der Waals surface area contributed by atoms with Gasteiger partial charge in [0.15, 0.2) is 0 Å². The first kappa shape index (κ1) is 10.9. The number of hydrogen-bond donors (Lipinski definition) is 0. The third-order valence-corrected chi connectivity index (χ3v) is 3.81. The van der Waals surface area contributed by atoms with E-state index in [9.17, 15) is 5.26 Å². The summed E-state index contributed by atoms with van der Waals surface area (Å²) in [6.07, 6.45) is 0. The average molecular weight is 250 g/mol. The predicted molar refractivity (Wildman–Crippen MR) is 73.5 cm³/mol. The Hall–Kier alpha value is -2.18. The first-order valence-corrected chi connectivity index (χ1v) is 6.55. The Morgan fingerprint density at radius 2 is 1.94 bits per heavy atom. The molecule has 3 aromatic rings. The molecule has 2 aromatic heterocycles. The average Bonchev–Trinajstić information content (AvgIpc) is 2.93. The molecule has 1 atom stereocenters. The highest BCUT2D eigenvalue weighted by Gasteiger charge is 2.15. The van der Waals surface area contributed by atoms with E-state index in [1.165, 1.54) is 0 Å². The van der Waals surface area contributed by atoms with Gasteiger partial charge in [0.1, 0.15) is 5.92 Å². The van der Waals surface area contributed by atoms with E-state index in [1.54, 1.807) is 11.3 Å². The largest absolute Gasteiger partial charge is 0.251 e. The zero-order chi connectivity index (χ0) is 12.4. The molecular weight excluding hydrogens is 240 g/mol. The zero-order valence-electron chi connectivity index (χ0n) is 9.58. The molecule has 3 heteroatoms. The number of nitrogens with zero attached hydrogens (tertiary/aromatic N) is 2. The molecule has 0 spiro atoms. The van der Waals surface area contributed by atoms with Gasteiger partial charge in [-0.3, -0.25) is 4.98 Å². The van der Waals surface area contributed by atoms with Crippen LogP contribution in [0.4, 0.5) is 0 Å². The fourth-order valence-corrected chi connectivity index (χ4v) is 2.75. The van der Waals surface area contributed by atoms with E-state index >= 15 is 0 Å². The van der Waals surface area contributed by atoms with Crippen molar-refractivity contribution in [2.45, 2.75) is 5.92 Å². The predicted octanol–water partition coefficient (Wildman–Crippen LogP) is 3.95. The highest BCUT2D eigenvalue weighted by molar-refractivity contribution is 7.10. The van der Waals surface area contributed by atoms with Crippen molar-refractivity contribution < 1.29 is 0 Å². The highest BCUT2D eigenvalue weighted by atomic mass is 32.1. The number of para-hydroxylation sites is 1. The summed E-state index contributed by atoms with van der Waals surface area (Å²) >= 11 is 1.59. The lowest BCUT2D eigenvalue weighted by Crippen LogP contribution is -1.99. The molecule has 0 amide bonds. The van der Waals surface area contributed by atoms with E-state index in [-0.39, 0.29) is 5.92 Å². The lowest BCUT2D eigenvalue weighted by molar-refractivity contribution is 1.00. The van der Waals surface area contributed by atoms with Crippen molar-refractivity contribution in [2.75, 3.05) is 0 Å². The number of thiophene rings is 1. The van der Waals surface area contributed by atoms with E-state index in [1.807, 2.05) is 53.9 Å². The van der Waals surface area contributed by atoms with Crippen LogP contribution >= 0.6 is 11.3 Å². The molecule has 0 aliphatic rings. The quantitative estimate of drug-likeness (QED) is 0.690. The second kappa shape index (κ2) is 4.59. The van der Waals surface area contributed by atoms with Gasteiger partial charge in [0, 0.05) is 10.3 Å². The standard InChI is InChI=1S/C15H10N2S/c16-10-12(15-6-3-9-18-15)14-8-7-11-4-1-2-5-13(11)17-14/h1-9,12H. The molecule has 0 N–H and O–H groups in total. The van der Waals surface area contributed by atoms with Crippen LogP contribution in [0.25, 0.3) is 10.9 Å². The third-order valence-electron chi connectivity index (χ3n) is 2.87. The number of nitriles is 1. The van der Waals surface area contributed by atoms with Crippen LogP contribution in [-0.2, 0) is 0 Å². The van der Waals surface area contributed by atoms with Gasteiger partial charge in [-0.25, -0.2) is 0 Å². The van der Waals surface area contributed by atoms with Crippen LogP contribution < -0.4 is 0 Å². The minimum atomic E-state index is -0.269. The normalized spacial score (nSPS) is 12.2.